The van der Waals surface area contributed by atoms with Crippen LogP contribution in [0.2, 0.25) is 0 Å². The van der Waals surface area contributed by atoms with Crippen LogP contribution in [0.5, 0.6) is 0 Å². The molecule has 0 spiro atoms. The summed E-state index contributed by atoms with van der Waals surface area (Å²) >= 11 is 1.56. The average molecular weight is 201 g/mol. The SMILES string of the molecule is CNC(CCC(F)(F)F)CSC. The van der Waals surface area contributed by atoms with E-state index < -0.39 is 12.6 Å². The molecule has 0 amide bonds. The Morgan fingerprint density at radius 3 is 2.33 bits per heavy atom. The number of rotatable bonds is 5. The Labute approximate surface area is 75.1 Å². The van der Waals surface area contributed by atoms with Gasteiger partial charge in [-0.3, -0.25) is 0 Å². The van der Waals surface area contributed by atoms with E-state index >= 15 is 0 Å². The van der Waals surface area contributed by atoms with Crippen molar-refractivity contribution in [3.8, 4) is 0 Å². The molecular formula is C7H14F3NS. The first-order chi connectivity index (χ1) is 5.49. The normalized spacial score (nSPS) is 14.8. The van der Waals surface area contributed by atoms with Crippen molar-refractivity contribution in [2.45, 2.75) is 25.1 Å². The van der Waals surface area contributed by atoms with Gasteiger partial charge in [-0.15, -0.1) is 0 Å². The van der Waals surface area contributed by atoms with E-state index in [1.54, 1.807) is 18.8 Å². The minimum Gasteiger partial charge on any atom is -0.316 e. The van der Waals surface area contributed by atoms with Gasteiger partial charge >= 0.3 is 6.18 Å². The quantitative estimate of drug-likeness (QED) is 0.732. The fourth-order valence-electron chi connectivity index (χ4n) is 0.850. The summed E-state index contributed by atoms with van der Waals surface area (Å²) in [7, 11) is 1.69. The van der Waals surface area contributed by atoms with Crippen molar-refractivity contribution >= 4 is 11.8 Å². The first-order valence-corrected chi connectivity index (χ1v) is 5.12. The van der Waals surface area contributed by atoms with Gasteiger partial charge in [-0.25, -0.2) is 0 Å². The summed E-state index contributed by atoms with van der Waals surface area (Å²) in [6.45, 7) is 0. The number of hydrogen-bond acceptors (Lipinski definition) is 2. The van der Waals surface area contributed by atoms with Gasteiger partial charge in [0.2, 0.25) is 0 Å². The van der Waals surface area contributed by atoms with E-state index in [4.69, 9.17) is 0 Å². The summed E-state index contributed by atoms with van der Waals surface area (Å²) in [4.78, 5) is 0. The molecule has 12 heavy (non-hydrogen) atoms. The second-order valence-corrected chi connectivity index (χ2v) is 3.51. The lowest BCUT2D eigenvalue weighted by molar-refractivity contribution is -0.136. The van der Waals surface area contributed by atoms with Crippen LogP contribution >= 0.6 is 11.8 Å². The van der Waals surface area contributed by atoms with Gasteiger partial charge < -0.3 is 5.32 Å². The van der Waals surface area contributed by atoms with Crippen LogP contribution in [0, 0.1) is 0 Å². The molecular weight excluding hydrogens is 187 g/mol. The van der Waals surface area contributed by atoms with Crippen LogP contribution in [0.4, 0.5) is 13.2 Å². The third kappa shape index (κ3) is 6.79. The zero-order valence-electron chi connectivity index (χ0n) is 7.24. The highest BCUT2D eigenvalue weighted by Gasteiger charge is 2.27. The van der Waals surface area contributed by atoms with Crippen LogP contribution < -0.4 is 5.32 Å². The van der Waals surface area contributed by atoms with E-state index in [1.165, 1.54) is 0 Å². The molecule has 0 aromatic carbocycles. The van der Waals surface area contributed by atoms with Crippen molar-refractivity contribution in [1.29, 1.82) is 0 Å². The fraction of sp³-hybridized carbons (Fsp3) is 1.00. The predicted octanol–water partition coefficient (Wildman–Crippen LogP) is 2.28. The molecule has 1 N–H and O–H groups in total. The van der Waals surface area contributed by atoms with Crippen LogP contribution in [0.15, 0.2) is 0 Å². The van der Waals surface area contributed by atoms with Gasteiger partial charge in [0.15, 0.2) is 0 Å². The lowest BCUT2D eigenvalue weighted by atomic mass is 10.2. The predicted molar refractivity (Wildman–Crippen MR) is 46.5 cm³/mol. The van der Waals surface area contributed by atoms with E-state index in [-0.39, 0.29) is 12.5 Å². The van der Waals surface area contributed by atoms with Gasteiger partial charge in [0.05, 0.1) is 0 Å². The van der Waals surface area contributed by atoms with Crippen molar-refractivity contribution in [2.75, 3.05) is 19.1 Å². The van der Waals surface area contributed by atoms with Crippen molar-refractivity contribution in [3.05, 3.63) is 0 Å². The third-order valence-corrected chi connectivity index (χ3v) is 2.29. The number of hydrogen-bond donors (Lipinski definition) is 1. The summed E-state index contributed by atoms with van der Waals surface area (Å²) in [5, 5.41) is 2.85. The molecule has 0 radical (unpaired) electrons. The smallest absolute Gasteiger partial charge is 0.316 e. The molecule has 74 valence electrons. The standard InChI is InChI=1S/C7H14F3NS/c1-11-6(5-12-2)3-4-7(8,9)10/h6,11H,3-5H2,1-2H3. The van der Waals surface area contributed by atoms with Crippen molar-refractivity contribution in [3.63, 3.8) is 0 Å². The molecule has 0 rings (SSSR count). The van der Waals surface area contributed by atoms with E-state index in [1.807, 2.05) is 6.26 Å². The van der Waals surface area contributed by atoms with Gasteiger partial charge in [-0.05, 0) is 19.7 Å². The highest BCUT2D eigenvalue weighted by atomic mass is 32.2. The Bertz CT molecular complexity index is 116. The van der Waals surface area contributed by atoms with Gasteiger partial charge in [-0.1, -0.05) is 0 Å². The van der Waals surface area contributed by atoms with Crippen LogP contribution in [0.1, 0.15) is 12.8 Å². The van der Waals surface area contributed by atoms with Crippen LogP contribution in [0.3, 0.4) is 0 Å². The minimum atomic E-state index is -4.02. The van der Waals surface area contributed by atoms with Gasteiger partial charge in [-0.2, -0.15) is 24.9 Å². The highest BCUT2D eigenvalue weighted by molar-refractivity contribution is 7.98. The number of halogens is 3. The zero-order chi connectivity index (χ0) is 9.61. The molecule has 0 fully saturated rings. The molecule has 0 aromatic heterocycles. The molecule has 0 heterocycles. The monoisotopic (exact) mass is 201 g/mol. The molecule has 0 bridgehead atoms. The lowest BCUT2D eigenvalue weighted by Gasteiger charge is -2.15. The summed E-state index contributed by atoms with van der Waals surface area (Å²) in [6, 6.07) is -0.0263. The molecule has 1 nitrogen and oxygen atoms in total. The Morgan fingerprint density at radius 2 is 2.00 bits per heavy atom. The fourth-order valence-corrected chi connectivity index (χ4v) is 1.59. The zero-order valence-corrected chi connectivity index (χ0v) is 8.06. The number of nitrogens with one attached hydrogen (secondary N) is 1. The van der Waals surface area contributed by atoms with Crippen molar-refractivity contribution < 1.29 is 13.2 Å². The second-order valence-electron chi connectivity index (χ2n) is 2.59. The van der Waals surface area contributed by atoms with Crippen molar-refractivity contribution in [1.82, 2.24) is 5.32 Å². The molecule has 0 aliphatic carbocycles. The van der Waals surface area contributed by atoms with E-state index in [0.29, 0.717) is 0 Å². The van der Waals surface area contributed by atoms with Crippen LogP contribution in [-0.2, 0) is 0 Å². The maximum absolute atomic E-state index is 11.8. The maximum Gasteiger partial charge on any atom is 0.389 e. The maximum atomic E-state index is 11.8. The van der Waals surface area contributed by atoms with Crippen LogP contribution in [-0.4, -0.2) is 31.3 Å². The topological polar surface area (TPSA) is 12.0 Å². The van der Waals surface area contributed by atoms with Crippen LogP contribution in [0.25, 0.3) is 0 Å². The van der Waals surface area contributed by atoms with Gasteiger partial charge in [0.25, 0.3) is 0 Å². The van der Waals surface area contributed by atoms with Gasteiger partial charge in [0.1, 0.15) is 0 Å². The number of alkyl halides is 3. The number of thioether (sulfide) groups is 1. The summed E-state index contributed by atoms with van der Waals surface area (Å²) in [6.07, 6.45) is -2.66. The van der Waals surface area contributed by atoms with Gasteiger partial charge in [0, 0.05) is 18.2 Å². The summed E-state index contributed by atoms with van der Waals surface area (Å²) < 4.78 is 35.3. The van der Waals surface area contributed by atoms with E-state index in [2.05, 4.69) is 5.32 Å². The molecule has 0 aliphatic rings. The molecule has 1 atom stereocenters. The highest BCUT2D eigenvalue weighted by Crippen LogP contribution is 2.22. The van der Waals surface area contributed by atoms with E-state index in [0.717, 1.165) is 5.75 Å². The molecule has 0 aliphatic heterocycles. The molecule has 1 unspecified atom stereocenters. The first kappa shape index (κ1) is 12.1. The minimum absolute atomic E-state index is 0.0263. The third-order valence-electron chi connectivity index (χ3n) is 1.55. The molecule has 5 heteroatoms. The average Bonchev–Trinajstić information content (AvgIpc) is 1.96. The largest absolute Gasteiger partial charge is 0.389 e. The Morgan fingerprint density at radius 1 is 1.42 bits per heavy atom. The second kappa shape index (κ2) is 5.70. The van der Waals surface area contributed by atoms with E-state index in [9.17, 15) is 13.2 Å². The Balaban J connectivity index is 3.58. The summed E-state index contributed by atoms with van der Waals surface area (Å²) in [5.41, 5.74) is 0. The van der Waals surface area contributed by atoms with Crippen molar-refractivity contribution in [2.24, 2.45) is 0 Å². The first-order valence-electron chi connectivity index (χ1n) is 3.72. The molecule has 0 saturated carbocycles. The Kier molecular flexibility index (Phi) is 5.74. The molecule has 0 aromatic rings. The Hall–Kier alpha value is 0.100. The molecule has 0 saturated heterocycles. The lowest BCUT2D eigenvalue weighted by Crippen LogP contribution is -2.29. The summed E-state index contributed by atoms with van der Waals surface area (Å²) in [5.74, 6) is 0.729.